The number of fused-ring (bicyclic) bond motifs is 1. The lowest BCUT2D eigenvalue weighted by atomic mass is 10.3. The first-order chi connectivity index (χ1) is 10.1. The van der Waals surface area contributed by atoms with Gasteiger partial charge in [0.1, 0.15) is 11.6 Å². The van der Waals surface area contributed by atoms with Gasteiger partial charge in [-0.15, -0.1) is 11.3 Å². The van der Waals surface area contributed by atoms with E-state index in [4.69, 9.17) is 4.74 Å². The Kier molecular flexibility index (Phi) is 6.26. The van der Waals surface area contributed by atoms with Crippen LogP contribution >= 0.6 is 23.1 Å². The smallest absolute Gasteiger partial charge is 0.330 e. The highest BCUT2D eigenvalue weighted by Gasteiger charge is 2.02. The number of benzene rings is 1. The largest absolute Gasteiger partial charge is 0.462 e. The van der Waals surface area contributed by atoms with Crippen LogP contribution in [0.3, 0.4) is 0 Å². The van der Waals surface area contributed by atoms with Crippen LogP contribution in [0.4, 0.5) is 0 Å². The molecule has 2 aromatic rings. The van der Waals surface area contributed by atoms with Crippen LogP contribution in [0.5, 0.6) is 0 Å². The molecule has 0 amide bonds. The molecule has 0 bridgehead atoms. The molecule has 0 aliphatic heterocycles. The van der Waals surface area contributed by atoms with Gasteiger partial charge in [0.2, 0.25) is 0 Å². The molecule has 0 fully saturated rings. The standard InChI is InChI=1S/C16H19NO2S2/c1-12(2)11-20-10-9-19-16(18)8-7-15-17-13-5-3-4-6-14(13)21-15/h3-8,12H,9-11H2,1-2H3/b8-7+. The maximum Gasteiger partial charge on any atom is 0.330 e. The Morgan fingerprint density at radius 2 is 2.24 bits per heavy atom. The van der Waals surface area contributed by atoms with Crippen LogP contribution in [0.1, 0.15) is 18.9 Å². The molecule has 21 heavy (non-hydrogen) atoms. The number of thiazole rings is 1. The number of aromatic nitrogens is 1. The lowest BCUT2D eigenvalue weighted by Crippen LogP contribution is -2.05. The zero-order valence-electron chi connectivity index (χ0n) is 12.2. The number of para-hydroxylation sites is 1. The van der Waals surface area contributed by atoms with Crippen molar-refractivity contribution in [1.29, 1.82) is 0 Å². The van der Waals surface area contributed by atoms with Crippen LogP contribution < -0.4 is 0 Å². The SMILES string of the molecule is CC(C)CSCCOC(=O)/C=C/c1nc2ccccc2s1. The molecule has 0 aliphatic carbocycles. The number of nitrogens with zero attached hydrogens (tertiary/aromatic N) is 1. The summed E-state index contributed by atoms with van der Waals surface area (Å²) in [7, 11) is 0. The molecule has 0 atom stereocenters. The molecule has 0 saturated carbocycles. The Morgan fingerprint density at radius 3 is 3.00 bits per heavy atom. The van der Waals surface area contributed by atoms with Gasteiger partial charge in [0, 0.05) is 11.8 Å². The highest BCUT2D eigenvalue weighted by atomic mass is 32.2. The Hall–Kier alpha value is -1.33. The third kappa shape index (κ3) is 5.52. The predicted octanol–water partition coefficient (Wildman–Crippen LogP) is 4.24. The lowest BCUT2D eigenvalue weighted by Gasteiger charge is -2.04. The number of hydrogen-bond acceptors (Lipinski definition) is 5. The van der Waals surface area contributed by atoms with Crippen molar-refractivity contribution in [3.8, 4) is 0 Å². The summed E-state index contributed by atoms with van der Waals surface area (Å²) in [6.45, 7) is 4.82. The average Bonchev–Trinajstić information content (AvgIpc) is 2.87. The lowest BCUT2D eigenvalue weighted by molar-refractivity contribution is -0.137. The normalized spacial score (nSPS) is 11.6. The Balaban J connectivity index is 1.76. The van der Waals surface area contributed by atoms with E-state index in [1.807, 2.05) is 36.0 Å². The van der Waals surface area contributed by atoms with Gasteiger partial charge in [-0.3, -0.25) is 0 Å². The van der Waals surface area contributed by atoms with E-state index >= 15 is 0 Å². The van der Waals surface area contributed by atoms with E-state index in [1.54, 1.807) is 17.4 Å². The highest BCUT2D eigenvalue weighted by Crippen LogP contribution is 2.22. The van der Waals surface area contributed by atoms with Gasteiger partial charge in [-0.1, -0.05) is 26.0 Å². The fourth-order valence-corrected chi connectivity index (χ4v) is 3.38. The van der Waals surface area contributed by atoms with Crippen LogP contribution in [0, 0.1) is 5.92 Å². The van der Waals surface area contributed by atoms with Gasteiger partial charge in [0.05, 0.1) is 10.2 Å². The minimum atomic E-state index is -0.306. The van der Waals surface area contributed by atoms with Gasteiger partial charge < -0.3 is 4.74 Å². The molecular formula is C16H19NO2S2. The molecule has 0 radical (unpaired) electrons. The van der Waals surface area contributed by atoms with Gasteiger partial charge >= 0.3 is 5.97 Å². The molecule has 0 unspecified atom stereocenters. The summed E-state index contributed by atoms with van der Waals surface area (Å²) in [6.07, 6.45) is 3.17. The van der Waals surface area contributed by atoms with Crippen LogP contribution in [0.2, 0.25) is 0 Å². The maximum absolute atomic E-state index is 11.6. The third-order valence-electron chi connectivity index (χ3n) is 2.60. The van der Waals surface area contributed by atoms with E-state index in [9.17, 15) is 4.79 Å². The van der Waals surface area contributed by atoms with Crippen molar-refractivity contribution in [3.05, 3.63) is 35.3 Å². The number of carbonyl (C=O) groups is 1. The first-order valence-electron chi connectivity index (χ1n) is 6.93. The number of ether oxygens (including phenoxy) is 1. The molecule has 0 aliphatic rings. The summed E-state index contributed by atoms with van der Waals surface area (Å²) in [4.78, 5) is 16.0. The fraction of sp³-hybridized carbons (Fsp3) is 0.375. The summed E-state index contributed by atoms with van der Waals surface area (Å²) in [5.41, 5.74) is 0.959. The quantitative estimate of drug-likeness (QED) is 0.434. The van der Waals surface area contributed by atoms with Crippen molar-refractivity contribution in [2.45, 2.75) is 13.8 Å². The van der Waals surface area contributed by atoms with Crippen molar-refractivity contribution < 1.29 is 9.53 Å². The van der Waals surface area contributed by atoms with Crippen molar-refractivity contribution in [2.75, 3.05) is 18.1 Å². The van der Waals surface area contributed by atoms with E-state index < -0.39 is 0 Å². The summed E-state index contributed by atoms with van der Waals surface area (Å²) in [5.74, 6) is 2.31. The number of carbonyl (C=O) groups excluding carboxylic acids is 1. The number of esters is 1. The predicted molar refractivity (Wildman–Crippen MR) is 91.8 cm³/mol. The van der Waals surface area contributed by atoms with Crippen molar-refractivity contribution in [1.82, 2.24) is 4.98 Å². The Labute approximate surface area is 133 Å². The maximum atomic E-state index is 11.6. The molecule has 1 heterocycles. The summed E-state index contributed by atoms with van der Waals surface area (Å²) < 4.78 is 6.27. The van der Waals surface area contributed by atoms with Gasteiger partial charge in [0.15, 0.2) is 0 Å². The van der Waals surface area contributed by atoms with Gasteiger partial charge in [-0.05, 0) is 29.9 Å². The van der Waals surface area contributed by atoms with Crippen LogP contribution in [0.15, 0.2) is 30.3 Å². The van der Waals surface area contributed by atoms with Gasteiger partial charge in [-0.2, -0.15) is 11.8 Å². The van der Waals surface area contributed by atoms with E-state index in [2.05, 4.69) is 18.8 Å². The van der Waals surface area contributed by atoms with E-state index in [0.717, 1.165) is 26.7 Å². The first-order valence-corrected chi connectivity index (χ1v) is 8.90. The number of hydrogen-bond donors (Lipinski definition) is 0. The molecule has 2 rings (SSSR count). The summed E-state index contributed by atoms with van der Waals surface area (Å²) >= 11 is 3.37. The molecule has 1 aromatic carbocycles. The molecule has 0 N–H and O–H groups in total. The average molecular weight is 321 g/mol. The Bertz CT molecular complexity index is 587. The molecule has 5 heteroatoms. The minimum Gasteiger partial charge on any atom is -0.462 e. The monoisotopic (exact) mass is 321 g/mol. The molecule has 112 valence electrons. The van der Waals surface area contributed by atoms with E-state index in [0.29, 0.717) is 12.5 Å². The summed E-state index contributed by atoms with van der Waals surface area (Å²) in [5, 5.41) is 0.822. The molecule has 0 spiro atoms. The second-order valence-corrected chi connectivity index (χ2v) is 7.20. The Morgan fingerprint density at radius 1 is 1.43 bits per heavy atom. The third-order valence-corrected chi connectivity index (χ3v) is 4.95. The van der Waals surface area contributed by atoms with Crippen molar-refractivity contribution in [2.24, 2.45) is 5.92 Å². The molecule has 3 nitrogen and oxygen atoms in total. The zero-order valence-corrected chi connectivity index (χ0v) is 13.9. The molecular weight excluding hydrogens is 302 g/mol. The first kappa shape index (κ1) is 16.0. The van der Waals surface area contributed by atoms with Crippen LogP contribution in [-0.2, 0) is 9.53 Å². The summed E-state index contributed by atoms with van der Waals surface area (Å²) in [6, 6.07) is 7.93. The fourth-order valence-electron chi connectivity index (χ4n) is 1.67. The van der Waals surface area contributed by atoms with E-state index in [1.165, 1.54) is 6.08 Å². The highest BCUT2D eigenvalue weighted by molar-refractivity contribution is 7.99. The number of rotatable bonds is 7. The minimum absolute atomic E-state index is 0.306. The number of thioether (sulfide) groups is 1. The van der Waals surface area contributed by atoms with Gasteiger partial charge in [0.25, 0.3) is 0 Å². The van der Waals surface area contributed by atoms with Gasteiger partial charge in [-0.25, -0.2) is 9.78 Å². The second kappa shape index (κ2) is 8.20. The second-order valence-electron chi connectivity index (χ2n) is 4.99. The zero-order chi connectivity index (χ0) is 15.1. The topological polar surface area (TPSA) is 39.2 Å². The van der Waals surface area contributed by atoms with E-state index in [-0.39, 0.29) is 5.97 Å². The molecule has 0 saturated heterocycles. The van der Waals surface area contributed by atoms with Crippen molar-refractivity contribution in [3.63, 3.8) is 0 Å². The van der Waals surface area contributed by atoms with Crippen LogP contribution in [0.25, 0.3) is 16.3 Å². The van der Waals surface area contributed by atoms with Crippen molar-refractivity contribution >= 4 is 45.4 Å². The van der Waals surface area contributed by atoms with Crippen LogP contribution in [-0.4, -0.2) is 29.1 Å². The molecule has 1 aromatic heterocycles.